The zero-order valence-electron chi connectivity index (χ0n) is 8.76. The molecule has 1 aromatic carbocycles. The first-order valence-electron chi connectivity index (χ1n) is 5.19. The summed E-state index contributed by atoms with van der Waals surface area (Å²) in [5.41, 5.74) is 8.10. The van der Waals surface area contributed by atoms with Crippen LogP contribution >= 0.6 is 15.9 Å². The lowest BCUT2D eigenvalue weighted by molar-refractivity contribution is 0.691. The summed E-state index contributed by atoms with van der Waals surface area (Å²) in [6.45, 7) is 2.96. The molecule has 1 aromatic heterocycles. The van der Waals surface area contributed by atoms with E-state index < -0.39 is 0 Å². The molecule has 1 atom stereocenters. The fourth-order valence-electron chi connectivity index (χ4n) is 1.83. The van der Waals surface area contributed by atoms with Crippen LogP contribution in [0, 0.1) is 0 Å². The Morgan fingerprint density at radius 3 is 3.00 bits per heavy atom. The number of fused-ring (bicyclic) bond motifs is 1. The molecule has 0 fully saturated rings. The lowest BCUT2D eigenvalue weighted by Crippen LogP contribution is -2.04. The molecule has 0 aliphatic heterocycles. The Morgan fingerprint density at radius 2 is 2.27 bits per heavy atom. The van der Waals surface area contributed by atoms with Crippen molar-refractivity contribution in [3.05, 3.63) is 34.4 Å². The minimum atomic E-state index is 0.529. The van der Waals surface area contributed by atoms with E-state index in [2.05, 4.69) is 46.0 Å². The van der Waals surface area contributed by atoms with Crippen LogP contribution in [-0.4, -0.2) is 11.5 Å². The molecule has 0 radical (unpaired) electrons. The number of halogens is 1. The lowest BCUT2D eigenvalue weighted by atomic mass is 9.97. The summed E-state index contributed by atoms with van der Waals surface area (Å²) in [7, 11) is 0. The van der Waals surface area contributed by atoms with Crippen molar-refractivity contribution < 1.29 is 0 Å². The van der Waals surface area contributed by atoms with E-state index in [9.17, 15) is 0 Å². The van der Waals surface area contributed by atoms with Gasteiger partial charge in [0.15, 0.2) is 0 Å². The second-order valence-corrected chi connectivity index (χ2v) is 4.77. The van der Waals surface area contributed by atoms with Crippen molar-refractivity contribution in [2.24, 2.45) is 5.73 Å². The molecule has 0 aliphatic rings. The molecule has 3 N–H and O–H groups in total. The summed E-state index contributed by atoms with van der Waals surface area (Å²) >= 11 is 3.51. The van der Waals surface area contributed by atoms with E-state index in [0.29, 0.717) is 5.92 Å². The van der Waals surface area contributed by atoms with E-state index >= 15 is 0 Å². The molecule has 2 nitrogen and oxygen atoms in total. The highest BCUT2D eigenvalue weighted by atomic mass is 79.9. The molecule has 0 saturated heterocycles. The minimum absolute atomic E-state index is 0.529. The van der Waals surface area contributed by atoms with Crippen LogP contribution in [0.25, 0.3) is 10.9 Å². The second kappa shape index (κ2) is 4.37. The van der Waals surface area contributed by atoms with Crippen molar-refractivity contribution in [1.82, 2.24) is 4.98 Å². The van der Waals surface area contributed by atoms with Gasteiger partial charge in [-0.05, 0) is 46.4 Å². The fraction of sp³-hybridized carbons (Fsp3) is 0.333. The van der Waals surface area contributed by atoms with Gasteiger partial charge in [-0.2, -0.15) is 0 Å². The molecule has 0 aliphatic carbocycles. The van der Waals surface area contributed by atoms with Gasteiger partial charge < -0.3 is 10.7 Å². The number of nitrogens with one attached hydrogen (secondary N) is 1. The molecule has 80 valence electrons. The van der Waals surface area contributed by atoms with Gasteiger partial charge in [-0.1, -0.05) is 19.1 Å². The topological polar surface area (TPSA) is 41.8 Å². The fourth-order valence-corrected chi connectivity index (χ4v) is 2.29. The molecule has 0 amide bonds. The summed E-state index contributed by atoms with van der Waals surface area (Å²) in [6.07, 6.45) is 3.01. The standard InChI is InChI=1S/C12H15BrN2/c1-8(4-5-14)9-2-3-10-11(13)7-15-12(10)6-9/h2-3,6-8,15H,4-5,14H2,1H3. The summed E-state index contributed by atoms with van der Waals surface area (Å²) in [6, 6.07) is 6.54. The lowest BCUT2D eigenvalue weighted by Gasteiger charge is -2.10. The number of benzene rings is 1. The quantitative estimate of drug-likeness (QED) is 0.879. The molecule has 2 rings (SSSR count). The highest BCUT2D eigenvalue weighted by Crippen LogP contribution is 2.27. The summed E-state index contributed by atoms with van der Waals surface area (Å²) in [4.78, 5) is 3.25. The molecular formula is C12H15BrN2. The zero-order valence-corrected chi connectivity index (χ0v) is 10.3. The maximum Gasteiger partial charge on any atom is 0.0468 e. The summed E-state index contributed by atoms with van der Waals surface area (Å²) in [5.74, 6) is 0.529. The molecule has 0 spiro atoms. The van der Waals surface area contributed by atoms with Crippen LogP contribution in [-0.2, 0) is 0 Å². The smallest absolute Gasteiger partial charge is 0.0468 e. The van der Waals surface area contributed by atoms with Crippen molar-refractivity contribution in [2.45, 2.75) is 19.3 Å². The van der Waals surface area contributed by atoms with Crippen molar-refractivity contribution in [2.75, 3.05) is 6.54 Å². The Bertz CT molecular complexity index is 462. The van der Waals surface area contributed by atoms with Gasteiger partial charge in [0.25, 0.3) is 0 Å². The number of rotatable bonds is 3. The minimum Gasteiger partial charge on any atom is -0.360 e. The van der Waals surface area contributed by atoms with E-state index in [1.165, 1.54) is 16.5 Å². The van der Waals surface area contributed by atoms with Crippen LogP contribution in [0.1, 0.15) is 24.8 Å². The van der Waals surface area contributed by atoms with Gasteiger partial charge in [-0.25, -0.2) is 0 Å². The van der Waals surface area contributed by atoms with Crippen LogP contribution in [0.2, 0.25) is 0 Å². The van der Waals surface area contributed by atoms with Gasteiger partial charge in [-0.3, -0.25) is 0 Å². The third-order valence-electron chi connectivity index (χ3n) is 2.82. The Balaban J connectivity index is 2.38. The Labute approximate surface area is 98.0 Å². The van der Waals surface area contributed by atoms with Crippen LogP contribution < -0.4 is 5.73 Å². The predicted octanol–water partition coefficient (Wildman–Crippen LogP) is 3.38. The second-order valence-electron chi connectivity index (χ2n) is 3.92. The van der Waals surface area contributed by atoms with Crippen molar-refractivity contribution in [3.8, 4) is 0 Å². The van der Waals surface area contributed by atoms with E-state index in [-0.39, 0.29) is 0 Å². The van der Waals surface area contributed by atoms with E-state index in [1.54, 1.807) is 0 Å². The molecule has 1 heterocycles. The molecule has 1 unspecified atom stereocenters. The normalized spacial score (nSPS) is 13.3. The van der Waals surface area contributed by atoms with Gasteiger partial charge in [-0.15, -0.1) is 0 Å². The number of H-pyrrole nitrogens is 1. The first-order valence-corrected chi connectivity index (χ1v) is 5.98. The third-order valence-corrected chi connectivity index (χ3v) is 3.48. The number of nitrogens with two attached hydrogens (primary N) is 1. The molecule has 0 bridgehead atoms. The van der Waals surface area contributed by atoms with Crippen molar-refractivity contribution in [3.63, 3.8) is 0 Å². The number of aromatic amines is 1. The van der Waals surface area contributed by atoms with Crippen LogP contribution in [0.4, 0.5) is 0 Å². The van der Waals surface area contributed by atoms with Crippen LogP contribution in [0.5, 0.6) is 0 Å². The van der Waals surface area contributed by atoms with E-state index in [1.807, 2.05) is 6.20 Å². The van der Waals surface area contributed by atoms with Gasteiger partial charge in [0.1, 0.15) is 0 Å². The molecule has 2 aromatic rings. The number of hydrogen-bond donors (Lipinski definition) is 2. The Kier molecular flexibility index (Phi) is 3.12. The average Bonchev–Trinajstić information content (AvgIpc) is 2.60. The monoisotopic (exact) mass is 266 g/mol. The Morgan fingerprint density at radius 1 is 1.47 bits per heavy atom. The summed E-state index contributed by atoms with van der Waals surface area (Å²) in [5, 5.41) is 1.23. The zero-order chi connectivity index (χ0) is 10.8. The van der Waals surface area contributed by atoms with Crippen LogP contribution in [0.3, 0.4) is 0 Å². The van der Waals surface area contributed by atoms with Crippen LogP contribution in [0.15, 0.2) is 28.9 Å². The van der Waals surface area contributed by atoms with Crippen molar-refractivity contribution in [1.29, 1.82) is 0 Å². The average molecular weight is 267 g/mol. The van der Waals surface area contributed by atoms with E-state index in [4.69, 9.17) is 5.73 Å². The first kappa shape index (κ1) is 10.7. The van der Waals surface area contributed by atoms with Crippen molar-refractivity contribution >= 4 is 26.8 Å². The first-order chi connectivity index (χ1) is 7.22. The maximum absolute atomic E-state index is 5.57. The highest BCUT2D eigenvalue weighted by molar-refractivity contribution is 9.10. The van der Waals surface area contributed by atoms with Gasteiger partial charge >= 0.3 is 0 Å². The molecule has 15 heavy (non-hydrogen) atoms. The number of hydrogen-bond acceptors (Lipinski definition) is 1. The molecule has 3 heteroatoms. The third kappa shape index (κ3) is 2.08. The Hall–Kier alpha value is -0.800. The highest BCUT2D eigenvalue weighted by Gasteiger charge is 2.07. The maximum atomic E-state index is 5.57. The molecule has 0 saturated carbocycles. The van der Waals surface area contributed by atoms with Gasteiger partial charge in [0.2, 0.25) is 0 Å². The predicted molar refractivity (Wildman–Crippen MR) is 68.1 cm³/mol. The number of aromatic nitrogens is 1. The van der Waals surface area contributed by atoms with E-state index in [0.717, 1.165) is 17.4 Å². The largest absolute Gasteiger partial charge is 0.360 e. The van der Waals surface area contributed by atoms with Gasteiger partial charge in [0.05, 0.1) is 0 Å². The molecular weight excluding hydrogens is 252 g/mol. The summed E-state index contributed by atoms with van der Waals surface area (Å²) < 4.78 is 1.12. The SMILES string of the molecule is CC(CCN)c1ccc2c(Br)c[nH]c2c1. The van der Waals surface area contributed by atoms with Gasteiger partial charge in [0, 0.05) is 21.6 Å².